The number of amides is 2. The van der Waals surface area contributed by atoms with E-state index in [2.05, 4.69) is 5.32 Å². The fraction of sp³-hybridized carbons (Fsp3) is 0.500. The van der Waals surface area contributed by atoms with Crippen LogP contribution in [0.3, 0.4) is 0 Å². The highest BCUT2D eigenvalue weighted by Crippen LogP contribution is 2.17. The van der Waals surface area contributed by atoms with Crippen molar-refractivity contribution in [3.8, 4) is 0 Å². The Labute approximate surface area is 120 Å². The van der Waals surface area contributed by atoms with Crippen molar-refractivity contribution in [2.24, 2.45) is 0 Å². The Kier molecular flexibility index (Phi) is 4.42. The van der Waals surface area contributed by atoms with Gasteiger partial charge in [0.2, 0.25) is 11.8 Å². The predicted molar refractivity (Wildman–Crippen MR) is 78.0 cm³/mol. The highest BCUT2D eigenvalue weighted by atomic mass is 16.2. The predicted octanol–water partition coefficient (Wildman–Crippen LogP) is 2.01. The van der Waals surface area contributed by atoms with E-state index in [-0.39, 0.29) is 17.9 Å². The van der Waals surface area contributed by atoms with Crippen molar-refractivity contribution in [1.29, 1.82) is 0 Å². The molecule has 1 N–H and O–H groups in total. The van der Waals surface area contributed by atoms with Crippen LogP contribution in [0.25, 0.3) is 0 Å². The summed E-state index contributed by atoms with van der Waals surface area (Å²) in [6.07, 6.45) is 1.57. The van der Waals surface area contributed by atoms with Crippen LogP contribution in [-0.2, 0) is 16.1 Å². The van der Waals surface area contributed by atoms with Crippen molar-refractivity contribution in [2.45, 2.75) is 52.2 Å². The van der Waals surface area contributed by atoms with Gasteiger partial charge in [-0.2, -0.15) is 0 Å². The summed E-state index contributed by atoms with van der Waals surface area (Å²) in [6, 6.07) is 7.30. The van der Waals surface area contributed by atoms with Crippen molar-refractivity contribution in [1.82, 2.24) is 10.2 Å². The SMILES string of the molecule is CCCC1NC(=O)C(C)N(Cc2ccc(C)cc2)C1=O. The maximum absolute atomic E-state index is 12.5. The first-order valence-corrected chi connectivity index (χ1v) is 7.19. The number of nitrogens with one attached hydrogen (secondary N) is 1. The lowest BCUT2D eigenvalue weighted by atomic mass is 10.0. The quantitative estimate of drug-likeness (QED) is 0.913. The molecule has 0 aliphatic carbocycles. The molecule has 1 heterocycles. The molecule has 0 radical (unpaired) electrons. The van der Waals surface area contributed by atoms with Crippen molar-refractivity contribution in [2.75, 3.05) is 0 Å². The summed E-state index contributed by atoms with van der Waals surface area (Å²) in [5.74, 6) is -0.0327. The zero-order valence-electron chi connectivity index (χ0n) is 12.3. The molecular formula is C16H22N2O2. The summed E-state index contributed by atoms with van der Waals surface area (Å²) in [6.45, 7) is 6.32. The third kappa shape index (κ3) is 3.00. The van der Waals surface area contributed by atoms with Crippen LogP contribution in [0.15, 0.2) is 24.3 Å². The molecule has 2 amide bonds. The van der Waals surface area contributed by atoms with Crippen LogP contribution in [0.2, 0.25) is 0 Å². The number of hydrogen-bond acceptors (Lipinski definition) is 2. The Morgan fingerprint density at radius 3 is 2.45 bits per heavy atom. The number of carbonyl (C=O) groups is 2. The van der Waals surface area contributed by atoms with Gasteiger partial charge in [0.25, 0.3) is 0 Å². The molecule has 0 aromatic heterocycles. The number of hydrogen-bond donors (Lipinski definition) is 1. The third-order valence-corrected chi connectivity index (χ3v) is 3.80. The number of aryl methyl sites for hydroxylation is 1. The maximum atomic E-state index is 12.5. The Bertz CT molecular complexity index is 496. The summed E-state index contributed by atoms with van der Waals surface area (Å²) in [5, 5.41) is 2.81. The van der Waals surface area contributed by atoms with Crippen LogP contribution in [0.1, 0.15) is 37.8 Å². The first-order chi connectivity index (χ1) is 9.52. The zero-order chi connectivity index (χ0) is 14.7. The van der Waals surface area contributed by atoms with Crippen LogP contribution < -0.4 is 5.32 Å². The van der Waals surface area contributed by atoms with E-state index in [1.54, 1.807) is 11.8 Å². The van der Waals surface area contributed by atoms with Gasteiger partial charge in [-0.05, 0) is 25.8 Å². The molecule has 2 rings (SSSR count). The number of rotatable bonds is 4. The first-order valence-electron chi connectivity index (χ1n) is 7.19. The van der Waals surface area contributed by atoms with Crippen molar-refractivity contribution in [3.05, 3.63) is 35.4 Å². The normalized spacial score (nSPS) is 22.9. The average molecular weight is 274 g/mol. The summed E-state index contributed by atoms with van der Waals surface area (Å²) >= 11 is 0. The number of nitrogens with zero attached hydrogens (tertiary/aromatic N) is 1. The van der Waals surface area contributed by atoms with Crippen LogP contribution in [0.5, 0.6) is 0 Å². The van der Waals surface area contributed by atoms with Crippen LogP contribution in [0.4, 0.5) is 0 Å². The first kappa shape index (κ1) is 14.6. The summed E-state index contributed by atoms with van der Waals surface area (Å²) in [5.41, 5.74) is 2.24. The molecule has 108 valence electrons. The van der Waals surface area contributed by atoms with Crippen molar-refractivity contribution in [3.63, 3.8) is 0 Å². The highest BCUT2D eigenvalue weighted by molar-refractivity contribution is 5.96. The van der Waals surface area contributed by atoms with E-state index in [0.717, 1.165) is 12.0 Å². The minimum Gasteiger partial charge on any atom is -0.343 e. The second-order valence-corrected chi connectivity index (χ2v) is 5.48. The maximum Gasteiger partial charge on any atom is 0.246 e. The fourth-order valence-electron chi connectivity index (χ4n) is 2.48. The van der Waals surface area contributed by atoms with E-state index in [1.165, 1.54) is 5.56 Å². The monoisotopic (exact) mass is 274 g/mol. The van der Waals surface area contributed by atoms with Crippen LogP contribution in [0, 0.1) is 6.92 Å². The molecule has 20 heavy (non-hydrogen) atoms. The molecule has 0 saturated carbocycles. The Balaban J connectivity index is 2.16. The van der Waals surface area contributed by atoms with E-state index in [4.69, 9.17) is 0 Å². The lowest BCUT2D eigenvalue weighted by Gasteiger charge is -2.37. The Hall–Kier alpha value is -1.84. The summed E-state index contributed by atoms with van der Waals surface area (Å²) < 4.78 is 0. The molecule has 0 spiro atoms. The lowest BCUT2D eigenvalue weighted by Crippen LogP contribution is -2.61. The van der Waals surface area contributed by atoms with E-state index in [9.17, 15) is 9.59 Å². The van der Waals surface area contributed by atoms with E-state index in [0.29, 0.717) is 13.0 Å². The minimum absolute atomic E-state index is 0.0273. The average Bonchev–Trinajstić information content (AvgIpc) is 2.43. The minimum atomic E-state index is -0.406. The molecule has 1 aromatic carbocycles. The summed E-state index contributed by atoms with van der Waals surface area (Å²) in [7, 11) is 0. The van der Waals surface area contributed by atoms with Gasteiger partial charge in [-0.25, -0.2) is 0 Å². The van der Waals surface area contributed by atoms with Crippen molar-refractivity contribution >= 4 is 11.8 Å². The molecule has 4 nitrogen and oxygen atoms in total. The Morgan fingerprint density at radius 1 is 1.20 bits per heavy atom. The second kappa shape index (κ2) is 6.07. The van der Waals surface area contributed by atoms with Gasteiger partial charge in [0.05, 0.1) is 0 Å². The summed E-state index contributed by atoms with van der Waals surface area (Å²) in [4.78, 5) is 26.1. The highest BCUT2D eigenvalue weighted by Gasteiger charge is 2.37. The standard InChI is InChI=1S/C16H22N2O2/c1-4-5-14-16(20)18(12(3)15(19)17-14)10-13-8-6-11(2)7-9-13/h6-9,12,14H,4-5,10H2,1-3H3,(H,17,19). The second-order valence-electron chi connectivity index (χ2n) is 5.48. The van der Waals surface area contributed by atoms with E-state index < -0.39 is 6.04 Å². The van der Waals surface area contributed by atoms with Gasteiger partial charge in [0.15, 0.2) is 0 Å². The molecule has 1 aliphatic heterocycles. The number of carbonyl (C=O) groups excluding carboxylic acids is 2. The zero-order valence-corrected chi connectivity index (χ0v) is 12.3. The molecule has 1 fully saturated rings. The van der Waals surface area contributed by atoms with E-state index in [1.807, 2.05) is 38.1 Å². The molecule has 2 unspecified atom stereocenters. The van der Waals surface area contributed by atoms with Gasteiger partial charge in [0, 0.05) is 6.54 Å². The van der Waals surface area contributed by atoms with Crippen molar-refractivity contribution < 1.29 is 9.59 Å². The van der Waals surface area contributed by atoms with Crippen LogP contribution >= 0.6 is 0 Å². The number of benzene rings is 1. The molecular weight excluding hydrogens is 252 g/mol. The molecule has 1 aliphatic rings. The van der Waals surface area contributed by atoms with Gasteiger partial charge in [-0.15, -0.1) is 0 Å². The molecule has 1 aromatic rings. The lowest BCUT2D eigenvalue weighted by molar-refractivity contribution is -0.149. The largest absolute Gasteiger partial charge is 0.343 e. The van der Waals surface area contributed by atoms with Crippen LogP contribution in [-0.4, -0.2) is 28.8 Å². The van der Waals surface area contributed by atoms with Gasteiger partial charge in [-0.1, -0.05) is 43.2 Å². The van der Waals surface area contributed by atoms with E-state index >= 15 is 0 Å². The molecule has 4 heteroatoms. The fourth-order valence-corrected chi connectivity index (χ4v) is 2.48. The van der Waals surface area contributed by atoms with Gasteiger partial charge >= 0.3 is 0 Å². The Morgan fingerprint density at radius 2 is 1.85 bits per heavy atom. The topological polar surface area (TPSA) is 49.4 Å². The van der Waals surface area contributed by atoms with Gasteiger partial charge < -0.3 is 10.2 Å². The molecule has 0 bridgehead atoms. The molecule has 1 saturated heterocycles. The molecule has 2 atom stereocenters. The van der Waals surface area contributed by atoms with Gasteiger partial charge in [0.1, 0.15) is 12.1 Å². The van der Waals surface area contributed by atoms with Gasteiger partial charge in [-0.3, -0.25) is 9.59 Å². The number of piperazine rings is 1. The third-order valence-electron chi connectivity index (χ3n) is 3.80. The smallest absolute Gasteiger partial charge is 0.246 e.